The molecular formula is C28H35NO6. The Balaban J connectivity index is 2.29. The topological polar surface area (TPSA) is 85.3 Å². The van der Waals surface area contributed by atoms with Crippen molar-refractivity contribution in [2.75, 3.05) is 34.5 Å². The Morgan fingerprint density at radius 1 is 1.06 bits per heavy atom. The normalized spacial score (nSPS) is 17.7. The van der Waals surface area contributed by atoms with Gasteiger partial charge in [0.05, 0.1) is 25.8 Å². The van der Waals surface area contributed by atoms with Crippen LogP contribution >= 0.6 is 0 Å². The van der Waals surface area contributed by atoms with Gasteiger partial charge in [0.2, 0.25) is 0 Å². The molecule has 1 atom stereocenters. The number of Topliss-reactive ketones (excluding diaryl/α,β-unsaturated/α-hetero) is 1. The number of carbonyl (C=O) groups excluding carboxylic acids is 2. The molecule has 0 radical (unpaired) electrons. The summed E-state index contributed by atoms with van der Waals surface area (Å²) in [6, 6.07) is 10.3. The minimum atomic E-state index is -0.838. The Bertz CT molecular complexity index is 1140. The third-order valence-electron chi connectivity index (χ3n) is 6.37. The van der Waals surface area contributed by atoms with Crippen molar-refractivity contribution in [2.45, 2.75) is 45.6 Å². The van der Waals surface area contributed by atoms with Crippen molar-refractivity contribution in [3.8, 4) is 11.5 Å². The number of hydrogen-bond donors (Lipinski definition) is 1. The summed E-state index contributed by atoms with van der Waals surface area (Å²) in [6.45, 7) is 8.82. The second-order valence-corrected chi connectivity index (χ2v) is 9.70. The highest BCUT2D eigenvalue weighted by molar-refractivity contribution is 6.46. The lowest BCUT2D eigenvalue weighted by Crippen LogP contribution is -2.31. The molecule has 7 heteroatoms. The fraction of sp³-hybridized carbons (Fsp3) is 0.429. The fourth-order valence-electron chi connectivity index (χ4n) is 4.43. The molecule has 1 fully saturated rings. The maximum atomic E-state index is 13.4. The predicted octanol–water partition coefficient (Wildman–Crippen LogP) is 4.77. The van der Waals surface area contributed by atoms with Crippen LogP contribution in [0.4, 0.5) is 0 Å². The molecule has 2 aromatic rings. The van der Waals surface area contributed by atoms with Crippen molar-refractivity contribution < 1.29 is 28.9 Å². The molecule has 188 valence electrons. The second-order valence-electron chi connectivity index (χ2n) is 9.70. The SMILES string of the molecule is COCCCN1C(=O)C(=O)/C(=C(/O)c2cc(C(C)(C)C)ccc2C)C1c1cccc(OC)c1OC. The number of amides is 1. The number of para-hydroxylation sites is 1. The summed E-state index contributed by atoms with van der Waals surface area (Å²) in [4.78, 5) is 28.1. The molecule has 3 rings (SSSR count). The van der Waals surface area contributed by atoms with Gasteiger partial charge in [0.25, 0.3) is 11.7 Å². The lowest BCUT2D eigenvalue weighted by Gasteiger charge is -2.27. The van der Waals surface area contributed by atoms with Crippen LogP contribution in [0.5, 0.6) is 11.5 Å². The van der Waals surface area contributed by atoms with E-state index in [0.717, 1.165) is 11.1 Å². The van der Waals surface area contributed by atoms with E-state index in [2.05, 4.69) is 20.8 Å². The quantitative estimate of drug-likeness (QED) is 0.253. The van der Waals surface area contributed by atoms with Crippen molar-refractivity contribution in [1.29, 1.82) is 0 Å². The van der Waals surface area contributed by atoms with E-state index in [0.29, 0.717) is 35.7 Å². The Labute approximate surface area is 207 Å². The van der Waals surface area contributed by atoms with Gasteiger partial charge < -0.3 is 24.2 Å². The van der Waals surface area contributed by atoms with Crippen molar-refractivity contribution in [1.82, 2.24) is 4.90 Å². The van der Waals surface area contributed by atoms with Crippen molar-refractivity contribution in [2.24, 2.45) is 0 Å². The number of benzene rings is 2. The smallest absolute Gasteiger partial charge is 0.295 e. The van der Waals surface area contributed by atoms with Crippen LogP contribution in [-0.4, -0.2) is 56.2 Å². The number of ether oxygens (including phenoxy) is 3. The van der Waals surface area contributed by atoms with Gasteiger partial charge in [-0.2, -0.15) is 0 Å². The molecule has 0 aromatic heterocycles. The highest BCUT2D eigenvalue weighted by Crippen LogP contribution is 2.46. The molecule has 7 nitrogen and oxygen atoms in total. The van der Waals surface area contributed by atoms with Gasteiger partial charge in [0.1, 0.15) is 5.76 Å². The zero-order chi connectivity index (χ0) is 25.9. The van der Waals surface area contributed by atoms with Crippen molar-refractivity contribution in [3.63, 3.8) is 0 Å². The van der Waals surface area contributed by atoms with Crippen LogP contribution in [0, 0.1) is 6.92 Å². The Morgan fingerprint density at radius 3 is 2.37 bits per heavy atom. The molecular weight excluding hydrogens is 446 g/mol. The average molecular weight is 482 g/mol. The number of methoxy groups -OCH3 is 3. The number of aliphatic hydroxyl groups excluding tert-OH is 1. The molecule has 35 heavy (non-hydrogen) atoms. The number of aliphatic hydroxyl groups is 1. The number of rotatable bonds is 8. The number of hydrogen-bond acceptors (Lipinski definition) is 6. The number of likely N-dealkylation sites (tertiary alicyclic amines) is 1. The lowest BCUT2D eigenvalue weighted by atomic mass is 9.84. The number of carbonyl (C=O) groups is 2. The van der Waals surface area contributed by atoms with Gasteiger partial charge in [-0.05, 0) is 42.0 Å². The summed E-state index contributed by atoms with van der Waals surface area (Å²) in [7, 11) is 4.62. The standard InChI is InChI=1S/C28H35NO6/c1-17-12-13-18(28(2,3)4)16-20(17)24(30)22-23(19-10-8-11-21(34-6)26(19)35-7)29(14-9-15-33-5)27(32)25(22)31/h8,10-13,16,23,30H,9,14-15H2,1-7H3/b24-22+. The first-order valence-electron chi connectivity index (χ1n) is 11.7. The lowest BCUT2D eigenvalue weighted by molar-refractivity contribution is -0.140. The van der Waals surface area contributed by atoms with Crippen LogP contribution in [0.15, 0.2) is 42.0 Å². The van der Waals surface area contributed by atoms with E-state index in [1.807, 2.05) is 25.1 Å². The molecule has 2 aromatic carbocycles. The molecule has 1 heterocycles. The summed E-state index contributed by atoms with van der Waals surface area (Å²) in [5, 5.41) is 11.6. The molecule has 1 N–H and O–H groups in total. The third kappa shape index (κ3) is 5.05. The highest BCUT2D eigenvalue weighted by atomic mass is 16.5. The van der Waals surface area contributed by atoms with Crippen LogP contribution in [-0.2, 0) is 19.7 Å². The van der Waals surface area contributed by atoms with E-state index in [1.165, 1.54) is 19.1 Å². The van der Waals surface area contributed by atoms with Crippen LogP contribution in [0.1, 0.15) is 55.5 Å². The molecule has 0 spiro atoms. The molecule has 0 bridgehead atoms. The van der Waals surface area contributed by atoms with E-state index in [9.17, 15) is 14.7 Å². The van der Waals surface area contributed by atoms with Gasteiger partial charge >= 0.3 is 0 Å². The summed E-state index contributed by atoms with van der Waals surface area (Å²) in [6.07, 6.45) is 0.533. The van der Waals surface area contributed by atoms with Crippen LogP contribution in [0.25, 0.3) is 5.76 Å². The number of aryl methyl sites for hydroxylation is 1. The van der Waals surface area contributed by atoms with Gasteiger partial charge in [-0.3, -0.25) is 9.59 Å². The van der Waals surface area contributed by atoms with Gasteiger partial charge in [-0.15, -0.1) is 0 Å². The minimum Gasteiger partial charge on any atom is -0.507 e. The first-order valence-corrected chi connectivity index (χ1v) is 11.7. The van der Waals surface area contributed by atoms with Gasteiger partial charge in [-0.1, -0.05) is 45.0 Å². The van der Waals surface area contributed by atoms with Crippen molar-refractivity contribution >= 4 is 17.4 Å². The van der Waals surface area contributed by atoms with Crippen LogP contribution in [0.3, 0.4) is 0 Å². The molecule has 1 saturated heterocycles. The molecule has 1 amide bonds. The first kappa shape index (κ1) is 26.3. The Kier molecular flexibility index (Phi) is 7.90. The zero-order valence-corrected chi connectivity index (χ0v) is 21.6. The van der Waals surface area contributed by atoms with Crippen molar-refractivity contribution in [3.05, 3.63) is 64.2 Å². The van der Waals surface area contributed by atoms with E-state index >= 15 is 0 Å². The Hall–Kier alpha value is -3.32. The maximum Gasteiger partial charge on any atom is 0.295 e. The molecule has 1 aliphatic heterocycles. The van der Waals surface area contributed by atoms with E-state index in [4.69, 9.17) is 14.2 Å². The molecule has 1 unspecified atom stereocenters. The van der Waals surface area contributed by atoms with Gasteiger partial charge in [-0.25, -0.2) is 0 Å². The highest BCUT2D eigenvalue weighted by Gasteiger charge is 2.47. The third-order valence-corrected chi connectivity index (χ3v) is 6.37. The molecule has 1 aliphatic rings. The molecule has 0 saturated carbocycles. The first-order chi connectivity index (χ1) is 16.6. The van der Waals surface area contributed by atoms with Crippen LogP contribution < -0.4 is 9.47 Å². The Morgan fingerprint density at radius 2 is 1.77 bits per heavy atom. The largest absolute Gasteiger partial charge is 0.507 e. The fourth-order valence-corrected chi connectivity index (χ4v) is 4.43. The molecule has 0 aliphatic carbocycles. The number of ketones is 1. The predicted molar refractivity (Wildman–Crippen MR) is 135 cm³/mol. The van der Waals surface area contributed by atoms with Gasteiger partial charge in [0, 0.05) is 31.4 Å². The summed E-state index contributed by atoms with van der Waals surface area (Å²) in [5.74, 6) is -0.711. The van der Waals surface area contributed by atoms with E-state index in [-0.39, 0.29) is 23.3 Å². The van der Waals surface area contributed by atoms with E-state index in [1.54, 1.807) is 25.3 Å². The summed E-state index contributed by atoms with van der Waals surface area (Å²) < 4.78 is 16.3. The average Bonchev–Trinajstić information content (AvgIpc) is 3.07. The zero-order valence-electron chi connectivity index (χ0n) is 21.6. The van der Waals surface area contributed by atoms with Crippen LogP contribution in [0.2, 0.25) is 0 Å². The van der Waals surface area contributed by atoms with E-state index < -0.39 is 17.7 Å². The summed E-state index contributed by atoms with van der Waals surface area (Å²) >= 11 is 0. The second kappa shape index (κ2) is 10.5. The number of nitrogens with zero attached hydrogens (tertiary/aromatic N) is 1. The summed E-state index contributed by atoms with van der Waals surface area (Å²) in [5.41, 5.74) is 2.78. The maximum absolute atomic E-state index is 13.4. The van der Waals surface area contributed by atoms with Gasteiger partial charge in [0.15, 0.2) is 11.5 Å². The monoisotopic (exact) mass is 481 g/mol. The minimum absolute atomic E-state index is 0.0353.